The Morgan fingerprint density at radius 2 is 1.88 bits per heavy atom. The van der Waals surface area contributed by atoms with Gasteiger partial charge in [-0.3, -0.25) is 9.59 Å². The summed E-state index contributed by atoms with van der Waals surface area (Å²) in [5, 5.41) is 4.26. The molecule has 2 aromatic carbocycles. The van der Waals surface area contributed by atoms with Gasteiger partial charge in [-0.25, -0.2) is 0 Å². The zero-order valence-electron chi connectivity index (χ0n) is 13.3. The molecule has 4 nitrogen and oxygen atoms in total. The molecule has 4 rings (SSSR count). The van der Waals surface area contributed by atoms with Gasteiger partial charge in [0.2, 0.25) is 5.91 Å². The molecular formula is C19H15ClN2O2S. The van der Waals surface area contributed by atoms with Gasteiger partial charge in [-0.1, -0.05) is 41.9 Å². The first-order chi connectivity index (χ1) is 12.1. The second-order valence-electron chi connectivity index (χ2n) is 5.86. The van der Waals surface area contributed by atoms with Gasteiger partial charge in [0.1, 0.15) is 4.88 Å². The van der Waals surface area contributed by atoms with Crippen molar-refractivity contribution in [3.05, 3.63) is 58.4 Å². The number of benzene rings is 2. The molecule has 0 unspecified atom stereocenters. The number of anilines is 2. The summed E-state index contributed by atoms with van der Waals surface area (Å²) >= 11 is 7.76. The third kappa shape index (κ3) is 2.90. The molecule has 3 aromatic rings. The highest BCUT2D eigenvalue weighted by Gasteiger charge is 2.25. The zero-order valence-corrected chi connectivity index (χ0v) is 14.9. The average molecular weight is 371 g/mol. The van der Waals surface area contributed by atoms with Gasteiger partial charge in [-0.2, -0.15) is 0 Å². The van der Waals surface area contributed by atoms with E-state index in [0.717, 1.165) is 22.2 Å². The van der Waals surface area contributed by atoms with Crippen molar-refractivity contribution in [2.45, 2.75) is 12.8 Å². The lowest BCUT2D eigenvalue weighted by Crippen LogP contribution is -2.25. The number of rotatable bonds is 3. The van der Waals surface area contributed by atoms with Gasteiger partial charge in [0.05, 0.1) is 16.4 Å². The monoisotopic (exact) mass is 370 g/mol. The molecule has 1 fully saturated rings. The van der Waals surface area contributed by atoms with E-state index in [-0.39, 0.29) is 11.8 Å². The molecule has 0 saturated carbocycles. The van der Waals surface area contributed by atoms with Crippen molar-refractivity contribution in [2.24, 2.45) is 0 Å². The normalized spacial score (nSPS) is 14.3. The molecule has 1 aromatic heterocycles. The van der Waals surface area contributed by atoms with E-state index in [2.05, 4.69) is 5.32 Å². The largest absolute Gasteiger partial charge is 0.319 e. The van der Waals surface area contributed by atoms with Gasteiger partial charge < -0.3 is 10.2 Å². The first-order valence-corrected chi connectivity index (χ1v) is 9.22. The molecule has 2 amide bonds. The molecule has 1 saturated heterocycles. The fraction of sp³-hybridized carbons (Fsp3) is 0.158. The quantitative estimate of drug-likeness (QED) is 0.710. The highest BCUT2D eigenvalue weighted by molar-refractivity contribution is 7.21. The Labute approximate surface area is 154 Å². The van der Waals surface area contributed by atoms with Crippen molar-refractivity contribution in [3.8, 4) is 0 Å². The SMILES string of the molecule is O=C(Nc1ccccc1N1CCCC1=O)c1sc2ccccc2c1Cl. The van der Waals surface area contributed by atoms with Crippen LogP contribution in [0.1, 0.15) is 22.5 Å². The lowest BCUT2D eigenvalue weighted by Gasteiger charge is -2.19. The van der Waals surface area contributed by atoms with Crippen LogP contribution in [0.5, 0.6) is 0 Å². The van der Waals surface area contributed by atoms with Gasteiger partial charge in [-0.05, 0) is 24.6 Å². The van der Waals surface area contributed by atoms with E-state index in [9.17, 15) is 9.59 Å². The van der Waals surface area contributed by atoms with Crippen LogP contribution in [0.15, 0.2) is 48.5 Å². The summed E-state index contributed by atoms with van der Waals surface area (Å²) in [6.45, 7) is 0.676. The van der Waals surface area contributed by atoms with Gasteiger partial charge in [0.15, 0.2) is 0 Å². The Bertz CT molecular complexity index is 982. The highest BCUT2D eigenvalue weighted by Crippen LogP contribution is 2.36. The van der Waals surface area contributed by atoms with Crippen LogP contribution >= 0.6 is 22.9 Å². The van der Waals surface area contributed by atoms with Crippen molar-refractivity contribution in [2.75, 3.05) is 16.8 Å². The Morgan fingerprint density at radius 3 is 2.64 bits per heavy atom. The second-order valence-corrected chi connectivity index (χ2v) is 7.29. The minimum absolute atomic E-state index is 0.0848. The number of fused-ring (bicyclic) bond motifs is 1. The number of hydrogen-bond donors (Lipinski definition) is 1. The summed E-state index contributed by atoms with van der Waals surface area (Å²) < 4.78 is 0.973. The molecule has 1 aliphatic rings. The van der Waals surface area contributed by atoms with E-state index in [0.29, 0.717) is 28.6 Å². The number of amides is 2. The Hall–Kier alpha value is -2.37. The number of nitrogens with one attached hydrogen (secondary N) is 1. The Balaban J connectivity index is 1.67. The topological polar surface area (TPSA) is 49.4 Å². The predicted molar refractivity (Wildman–Crippen MR) is 103 cm³/mol. The number of carbonyl (C=O) groups excluding carboxylic acids is 2. The summed E-state index contributed by atoms with van der Waals surface area (Å²) in [4.78, 5) is 27.0. The van der Waals surface area contributed by atoms with Crippen molar-refractivity contribution in [1.29, 1.82) is 0 Å². The summed E-state index contributed by atoms with van der Waals surface area (Å²) in [5.74, 6) is -0.174. The minimum Gasteiger partial charge on any atom is -0.319 e. The number of hydrogen-bond acceptors (Lipinski definition) is 3. The van der Waals surface area contributed by atoms with Crippen molar-refractivity contribution in [1.82, 2.24) is 0 Å². The number of para-hydroxylation sites is 2. The van der Waals surface area contributed by atoms with Crippen molar-refractivity contribution >= 4 is 56.2 Å². The van der Waals surface area contributed by atoms with Gasteiger partial charge >= 0.3 is 0 Å². The molecule has 1 aliphatic heterocycles. The van der Waals surface area contributed by atoms with Crippen LogP contribution in [0.3, 0.4) is 0 Å². The fourth-order valence-electron chi connectivity index (χ4n) is 3.06. The average Bonchev–Trinajstić information content (AvgIpc) is 3.19. The van der Waals surface area contributed by atoms with E-state index >= 15 is 0 Å². The molecule has 0 aliphatic carbocycles. The molecule has 6 heteroatoms. The van der Waals surface area contributed by atoms with Gasteiger partial charge in [-0.15, -0.1) is 11.3 Å². The molecule has 126 valence electrons. The van der Waals surface area contributed by atoms with Crippen LogP contribution in [0, 0.1) is 0 Å². The van der Waals surface area contributed by atoms with E-state index in [1.165, 1.54) is 11.3 Å². The zero-order chi connectivity index (χ0) is 17.4. The van der Waals surface area contributed by atoms with Crippen LogP contribution in [0.2, 0.25) is 5.02 Å². The number of thiophene rings is 1. The molecule has 0 spiro atoms. The van der Waals surface area contributed by atoms with Gasteiger partial charge in [0, 0.05) is 23.1 Å². The van der Waals surface area contributed by atoms with Crippen molar-refractivity contribution in [3.63, 3.8) is 0 Å². The van der Waals surface area contributed by atoms with Crippen LogP contribution in [-0.2, 0) is 4.79 Å². The molecule has 25 heavy (non-hydrogen) atoms. The fourth-order valence-corrected chi connectivity index (χ4v) is 4.47. The van der Waals surface area contributed by atoms with Crippen molar-refractivity contribution < 1.29 is 9.59 Å². The van der Waals surface area contributed by atoms with E-state index in [4.69, 9.17) is 11.6 Å². The molecule has 1 N–H and O–H groups in total. The summed E-state index contributed by atoms with van der Waals surface area (Å²) in [5.41, 5.74) is 1.35. The van der Waals surface area contributed by atoms with Crippen LogP contribution in [0.25, 0.3) is 10.1 Å². The maximum absolute atomic E-state index is 12.8. The van der Waals surface area contributed by atoms with E-state index in [1.807, 2.05) is 42.5 Å². The Morgan fingerprint density at radius 1 is 1.12 bits per heavy atom. The lowest BCUT2D eigenvalue weighted by molar-refractivity contribution is -0.117. The standard InChI is InChI=1S/C19H15ClN2O2S/c20-17-12-6-1-4-9-15(12)25-18(17)19(24)21-13-7-2-3-8-14(13)22-11-5-10-16(22)23/h1-4,6-9H,5,10-11H2,(H,21,24). The van der Waals surface area contributed by atoms with E-state index < -0.39 is 0 Å². The number of carbonyl (C=O) groups is 2. The molecular weight excluding hydrogens is 356 g/mol. The smallest absolute Gasteiger partial charge is 0.267 e. The number of halogens is 1. The van der Waals surface area contributed by atoms with Crippen LogP contribution in [-0.4, -0.2) is 18.4 Å². The van der Waals surface area contributed by atoms with Crippen LogP contribution < -0.4 is 10.2 Å². The maximum Gasteiger partial charge on any atom is 0.267 e. The lowest BCUT2D eigenvalue weighted by atomic mass is 10.2. The molecule has 0 atom stereocenters. The predicted octanol–water partition coefficient (Wildman–Crippen LogP) is 4.93. The highest BCUT2D eigenvalue weighted by atomic mass is 35.5. The molecule has 2 heterocycles. The summed E-state index contributed by atoms with van der Waals surface area (Å²) in [6, 6.07) is 15.0. The first kappa shape index (κ1) is 16.1. The number of nitrogens with zero attached hydrogens (tertiary/aromatic N) is 1. The summed E-state index contributed by atoms with van der Waals surface area (Å²) in [6.07, 6.45) is 1.38. The second kappa shape index (κ2) is 6.50. The molecule has 0 bridgehead atoms. The Kier molecular flexibility index (Phi) is 4.19. The first-order valence-electron chi connectivity index (χ1n) is 8.03. The van der Waals surface area contributed by atoms with Crippen LogP contribution in [0.4, 0.5) is 11.4 Å². The third-order valence-corrected chi connectivity index (χ3v) is 5.93. The molecule has 0 radical (unpaired) electrons. The minimum atomic E-state index is -0.259. The van der Waals surface area contributed by atoms with E-state index in [1.54, 1.807) is 11.0 Å². The summed E-state index contributed by atoms with van der Waals surface area (Å²) in [7, 11) is 0. The third-order valence-electron chi connectivity index (χ3n) is 4.26. The maximum atomic E-state index is 12.8. The van der Waals surface area contributed by atoms with Gasteiger partial charge in [0.25, 0.3) is 5.91 Å².